The summed E-state index contributed by atoms with van der Waals surface area (Å²) in [6.45, 7) is 1.65. The topological polar surface area (TPSA) is 37.8 Å². The van der Waals surface area contributed by atoms with E-state index in [1.54, 1.807) is 6.92 Å². The summed E-state index contributed by atoms with van der Waals surface area (Å²) in [4.78, 5) is 7.51. The molecule has 0 aliphatic carbocycles. The first-order valence-corrected chi connectivity index (χ1v) is 5.26. The molecule has 0 unspecified atom stereocenters. The lowest BCUT2D eigenvalue weighted by atomic mass is 10.2. The standard InChI is InChI=1S/C11H7ClF3N3/c1-5-4-16-11(12)18-10(5)17-8-3-6(13)2-7(14)9(8)15/h2-4H,1H3,(H,16,17,18). The first-order chi connectivity index (χ1) is 8.47. The monoisotopic (exact) mass is 273 g/mol. The second-order valence-electron chi connectivity index (χ2n) is 3.54. The Balaban J connectivity index is 2.43. The van der Waals surface area contributed by atoms with Crippen LogP contribution in [0.1, 0.15) is 5.56 Å². The zero-order valence-corrected chi connectivity index (χ0v) is 9.89. The van der Waals surface area contributed by atoms with Crippen molar-refractivity contribution in [2.45, 2.75) is 6.92 Å². The van der Waals surface area contributed by atoms with Gasteiger partial charge < -0.3 is 5.32 Å². The molecule has 0 atom stereocenters. The molecule has 2 aromatic rings. The van der Waals surface area contributed by atoms with Crippen LogP contribution in [-0.4, -0.2) is 9.97 Å². The molecule has 0 amide bonds. The first-order valence-electron chi connectivity index (χ1n) is 4.88. The van der Waals surface area contributed by atoms with Gasteiger partial charge in [0.15, 0.2) is 11.6 Å². The molecule has 0 radical (unpaired) electrons. The molecule has 0 spiro atoms. The third-order valence-electron chi connectivity index (χ3n) is 2.19. The van der Waals surface area contributed by atoms with Crippen molar-refractivity contribution in [3.8, 4) is 0 Å². The molecular formula is C11H7ClF3N3. The Hall–Kier alpha value is -1.82. The number of aromatic nitrogens is 2. The lowest BCUT2D eigenvalue weighted by Crippen LogP contribution is -2.02. The molecule has 0 fully saturated rings. The maximum absolute atomic E-state index is 13.4. The summed E-state index contributed by atoms with van der Waals surface area (Å²) in [6, 6.07) is 1.29. The van der Waals surface area contributed by atoms with Gasteiger partial charge in [0, 0.05) is 23.9 Å². The molecule has 1 aromatic carbocycles. The minimum absolute atomic E-state index is 0.0552. The number of halogens is 4. The van der Waals surface area contributed by atoms with E-state index in [0.29, 0.717) is 11.6 Å². The van der Waals surface area contributed by atoms with E-state index in [1.807, 2.05) is 0 Å². The van der Waals surface area contributed by atoms with E-state index in [1.165, 1.54) is 6.20 Å². The third-order valence-corrected chi connectivity index (χ3v) is 2.37. The van der Waals surface area contributed by atoms with Crippen LogP contribution < -0.4 is 5.32 Å². The van der Waals surface area contributed by atoms with E-state index in [4.69, 9.17) is 11.6 Å². The second kappa shape index (κ2) is 4.81. The number of anilines is 2. The van der Waals surface area contributed by atoms with Gasteiger partial charge in [0.05, 0.1) is 5.69 Å². The third kappa shape index (κ3) is 2.53. The maximum atomic E-state index is 13.4. The molecule has 0 aliphatic rings. The summed E-state index contributed by atoms with van der Waals surface area (Å²) in [5.74, 6) is -3.19. The van der Waals surface area contributed by atoms with Crippen molar-refractivity contribution in [3.63, 3.8) is 0 Å². The van der Waals surface area contributed by atoms with Gasteiger partial charge in [-0.25, -0.2) is 23.1 Å². The average molecular weight is 274 g/mol. The molecule has 94 valence electrons. The lowest BCUT2D eigenvalue weighted by Gasteiger charge is -2.09. The van der Waals surface area contributed by atoms with Gasteiger partial charge in [-0.05, 0) is 18.5 Å². The number of benzene rings is 1. The van der Waals surface area contributed by atoms with Crippen LogP contribution in [0.25, 0.3) is 0 Å². The van der Waals surface area contributed by atoms with E-state index in [0.717, 1.165) is 6.07 Å². The molecule has 0 aliphatic heterocycles. The molecule has 1 aromatic heterocycles. The van der Waals surface area contributed by atoms with E-state index < -0.39 is 17.5 Å². The van der Waals surface area contributed by atoms with Crippen molar-refractivity contribution in [1.82, 2.24) is 9.97 Å². The molecule has 3 nitrogen and oxygen atoms in total. The minimum Gasteiger partial charge on any atom is -0.337 e. The zero-order chi connectivity index (χ0) is 13.3. The minimum atomic E-state index is -1.28. The fourth-order valence-corrected chi connectivity index (χ4v) is 1.45. The van der Waals surface area contributed by atoms with Crippen molar-refractivity contribution in [3.05, 3.63) is 46.6 Å². The van der Waals surface area contributed by atoms with Gasteiger partial charge in [-0.15, -0.1) is 0 Å². The van der Waals surface area contributed by atoms with Crippen LogP contribution in [0.5, 0.6) is 0 Å². The van der Waals surface area contributed by atoms with Crippen LogP contribution in [-0.2, 0) is 0 Å². The highest BCUT2D eigenvalue weighted by atomic mass is 35.5. The van der Waals surface area contributed by atoms with Crippen LogP contribution in [0.15, 0.2) is 18.3 Å². The Morgan fingerprint density at radius 3 is 2.67 bits per heavy atom. The molecule has 18 heavy (non-hydrogen) atoms. The maximum Gasteiger partial charge on any atom is 0.224 e. The highest BCUT2D eigenvalue weighted by Gasteiger charge is 2.13. The smallest absolute Gasteiger partial charge is 0.224 e. The SMILES string of the molecule is Cc1cnc(Cl)nc1Nc1cc(F)cc(F)c1F. The average Bonchev–Trinajstić information content (AvgIpc) is 2.30. The largest absolute Gasteiger partial charge is 0.337 e. The van der Waals surface area contributed by atoms with E-state index in [-0.39, 0.29) is 16.8 Å². The molecule has 0 saturated carbocycles. The highest BCUT2D eigenvalue weighted by molar-refractivity contribution is 6.28. The molecule has 1 N–H and O–H groups in total. The van der Waals surface area contributed by atoms with Crippen LogP contribution in [0.4, 0.5) is 24.7 Å². The summed E-state index contributed by atoms with van der Waals surface area (Å²) in [5, 5.41) is 2.42. The normalized spacial score (nSPS) is 10.5. The molecular weight excluding hydrogens is 267 g/mol. The predicted molar refractivity (Wildman–Crippen MR) is 61.4 cm³/mol. The lowest BCUT2D eigenvalue weighted by molar-refractivity contribution is 0.498. The van der Waals surface area contributed by atoms with Crippen molar-refractivity contribution in [2.75, 3.05) is 5.32 Å². The van der Waals surface area contributed by atoms with Gasteiger partial charge >= 0.3 is 0 Å². The van der Waals surface area contributed by atoms with Crippen LogP contribution in [0.2, 0.25) is 5.28 Å². The van der Waals surface area contributed by atoms with Crippen LogP contribution >= 0.6 is 11.6 Å². The Kier molecular flexibility index (Phi) is 3.38. The van der Waals surface area contributed by atoms with Crippen molar-refractivity contribution < 1.29 is 13.2 Å². The van der Waals surface area contributed by atoms with Gasteiger partial charge in [-0.1, -0.05) is 0 Å². The van der Waals surface area contributed by atoms with Crippen molar-refractivity contribution in [2.24, 2.45) is 0 Å². The Morgan fingerprint density at radius 1 is 1.22 bits per heavy atom. The summed E-state index contributed by atoms with van der Waals surface area (Å²) < 4.78 is 39.4. The number of hydrogen-bond donors (Lipinski definition) is 1. The fourth-order valence-electron chi connectivity index (χ4n) is 1.32. The molecule has 1 heterocycles. The zero-order valence-electron chi connectivity index (χ0n) is 9.14. The van der Waals surface area contributed by atoms with Crippen LogP contribution in [0.3, 0.4) is 0 Å². The van der Waals surface area contributed by atoms with Gasteiger partial charge in [0.1, 0.15) is 11.6 Å². The summed E-state index contributed by atoms with van der Waals surface area (Å²) >= 11 is 5.58. The van der Waals surface area contributed by atoms with Crippen molar-refractivity contribution in [1.29, 1.82) is 0 Å². The molecule has 7 heteroatoms. The van der Waals surface area contributed by atoms with Gasteiger partial charge in [0.25, 0.3) is 0 Å². The van der Waals surface area contributed by atoms with E-state index in [9.17, 15) is 13.2 Å². The number of nitrogens with one attached hydrogen (secondary N) is 1. The molecule has 0 bridgehead atoms. The highest BCUT2D eigenvalue weighted by Crippen LogP contribution is 2.24. The number of rotatable bonds is 2. The van der Waals surface area contributed by atoms with Crippen molar-refractivity contribution >= 4 is 23.1 Å². The first kappa shape index (κ1) is 12.6. The van der Waals surface area contributed by atoms with E-state index >= 15 is 0 Å². The van der Waals surface area contributed by atoms with E-state index in [2.05, 4.69) is 15.3 Å². The van der Waals surface area contributed by atoms with Gasteiger partial charge in [-0.3, -0.25) is 0 Å². The van der Waals surface area contributed by atoms with Crippen LogP contribution in [0, 0.1) is 24.4 Å². The predicted octanol–water partition coefficient (Wildman–Crippen LogP) is 3.60. The number of hydrogen-bond acceptors (Lipinski definition) is 3. The summed E-state index contributed by atoms with van der Waals surface area (Å²) in [6.07, 6.45) is 1.41. The van der Waals surface area contributed by atoms with Gasteiger partial charge in [-0.2, -0.15) is 0 Å². The Labute approximate surface area is 106 Å². The molecule has 0 saturated heterocycles. The number of nitrogens with zero attached hydrogens (tertiary/aromatic N) is 2. The summed E-state index contributed by atoms with van der Waals surface area (Å²) in [5.41, 5.74) is 0.203. The Morgan fingerprint density at radius 2 is 1.94 bits per heavy atom. The quantitative estimate of drug-likeness (QED) is 0.671. The second-order valence-corrected chi connectivity index (χ2v) is 3.88. The fraction of sp³-hybridized carbons (Fsp3) is 0.0909. The number of aryl methyl sites for hydroxylation is 1. The molecule has 2 rings (SSSR count). The summed E-state index contributed by atoms with van der Waals surface area (Å²) in [7, 11) is 0. The van der Waals surface area contributed by atoms with Gasteiger partial charge in [0.2, 0.25) is 5.28 Å². The Bertz CT molecular complexity index is 604.